The molecule has 0 spiro atoms. The Labute approximate surface area is 126 Å². The van der Waals surface area contributed by atoms with Crippen LogP contribution < -0.4 is 5.32 Å². The van der Waals surface area contributed by atoms with Crippen molar-refractivity contribution in [1.82, 2.24) is 0 Å². The zero-order valence-corrected chi connectivity index (χ0v) is 14.1. The van der Waals surface area contributed by atoms with E-state index in [1.165, 1.54) is 7.11 Å². The molecular formula is C11H12Br3NO2. The Bertz CT molecular complexity index is 400. The van der Waals surface area contributed by atoms with Crippen LogP contribution in [-0.2, 0) is 9.53 Å². The van der Waals surface area contributed by atoms with E-state index in [0.29, 0.717) is 6.42 Å². The van der Waals surface area contributed by atoms with Crippen LogP contribution in [0.2, 0.25) is 0 Å². The second-order valence-corrected chi connectivity index (χ2v) is 6.19. The van der Waals surface area contributed by atoms with E-state index < -0.39 is 0 Å². The molecule has 0 aliphatic carbocycles. The normalized spacial score (nSPS) is 12.1. The van der Waals surface area contributed by atoms with Gasteiger partial charge < -0.3 is 10.1 Å². The molecule has 1 unspecified atom stereocenters. The molecule has 0 amide bonds. The van der Waals surface area contributed by atoms with E-state index in [4.69, 9.17) is 0 Å². The van der Waals surface area contributed by atoms with E-state index in [9.17, 15) is 4.79 Å². The fourth-order valence-corrected chi connectivity index (χ4v) is 3.80. The van der Waals surface area contributed by atoms with Gasteiger partial charge in [-0.2, -0.15) is 0 Å². The van der Waals surface area contributed by atoms with E-state index in [0.717, 1.165) is 19.1 Å². The van der Waals surface area contributed by atoms with Crippen molar-refractivity contribution in [3.05, 3.63) is 25.6 Å². The highest BCUT2D eigenvalue weighted by Gasteiger charge is 2.13. The molecule has 1 aromatic carbocycles. The molecular weight excluding hydrogens is 418 g/mol. The first kappa shape index (κ1) is 15.0. The summed E-state index contributed by atoms with van der Waals surface area (Å²) in [6.45, 7) is 1.93. The third-order valence-corrected chi connectivity index (χ3v) is 3.81. The summed E-state index contributed by atoms with van der Waals surface area (Å²) in [5, 5.41) is 3.26. The summed E-state index contributed by atoms with van der Waals surface area (Å²) in [5.74, 6) is -0.227. The standard InChI is InChI=1S/C11H12Br3NO2/c1-6(3-10(16)17-2)15-11-8(13)4-7(12)5-9(11)14/h4-6,15H,3H2,1-2H3. The van der Waals surface area contributed by atoms with Gasteiger partial charge in [0.25, 0.3) is 0 Å². The van der Waals surface area contributed by atoms with Gasteiger partial charge in [0, 0.05) is 19.5 Å². The molecule has 94 valence electrons. The van der Waals surface area contributed by atoms with Crippen LogP contribution in [0.1, 0.15) is 13.3 Å². The van der Waals surface area contributed by atoms with Crippen LogP contribution in [0.25, 0.3) is 0 Å². The zero-order valence-electron chi connectivity index (χ0n) is 9.39. The van der Waals surface area contributed by atoms with Gasteiger partial charge in [-0.15, -0.1) is 0 Å². The minimum Gasteiger partial charge on any atom is -0.469 e. The molecule has 1 N–H and O–H groups in total. The first-order valence-electron chi connectivity index (χ1n) is 4.92. The Morgan fingerprint density at radius 3 is 2.35 bits per heavy atom. The number of halogens is 3. The molecule has 17 heavy (non-hydrogen) atoms. The van der Waals surface area contributed by atoms with Crippen molar-refractivity contribution in [3.63, 3.8) is 0 Å². The van der Waals surface area contributed by atoms with Crippen LogP contribution >= 0.6 is 47.8 Å². The van der Waals surface area contributed by atoms with Crippen molar-refractivity contribution in [3.8, 4) is 0 Å². The molecule has 0 aromatic heterocycles. The van der Waals surface area contributed by atoms with Crippen molar-refractivity contribution in [2.45, 2.75) is 19.4 Å². The molecule has 0 bridgehead atoms. The summed E-state index contributed by atoms with van der Waals surface area (Å²) in [4.78, 5) is 11.1. The predicted molar refractivity (Wildman–Crippen MR) is 79.3 cm³/mol. The molecule has 3 nitrogen and oxygen atoms in total. The number of anilines is 1. The molecule has 0 fully saturated rings. The lowest BCUT2D eigenvalue weighted by molar-refractivity contribution is -0.140. The number of hydrogen-bond acceptors (Lipinski definition) is 3. The Balaban J connectivity index is 2.78. The maximum atomic E-state index is 11.1. The van der Waals surface area contributed by atoms with Gasteiger partial charge in [0.15, 0.2) is 0 Å². The highest BCUT2D eigenvalue weighted by molar-refractivity contribution is 9.11. The van der Waals surface area contributed by atoms with E-state index >= 15 is 0 Å². The van der Waals surface area contributed by atoms with E-state index in [-0.39, 0.29) is 12.0 Å². The average Bonchev–Trinajstić information content (AvgIpc) is 2.23. The Kier molecular flexibility index (Phi) is 5.95. The van der Waals surface area contributed by atoms with Gasteiger partial charge in [0.2, 0.25) is 0 Å². The number of ether oxygens (including phenoxy) is 1. The number of esters is 1. The summed E-state index contributed by atoms with van der Waals surface area (Å²) < 4.78 is 7.46. The van der Waals surface area contributed by atoms with E-state index in [2.05, 4.69) is 57.8 Å². The molecule has 0 saturated heterocycles. The third kappa shape index (κ3) is 4.60. The van der Waals surface area contributed by atoms with Gasteiger partial charge in [0.1, 0.15) is 0 Å². The highest BCUT2D eigenvalue weighted by Crippen LogP contribution is 2.34. The number of nitrogens with one attached hydrogen (secondary N) is 1. The minimum absolute atomic E-state index is 0.00349. The molecule has 0 heterocycles. The summed E-state index contributed by atoms with van der Waals surface area (Å²) in [6, 6.07) is 3.88. The SMILES string of the molecule is COC(=O)CC(C)Nc1c(Br)cc(Br)cc1Br. The highest BCUT2D eigenvalue weighted by atomic mass is 79.9. The second kappa shape index (κ2) is 6.75. The summed E-state index contributed by atoms with van der Waals surface area (Å²) in [6.07, 6.45) is 0.325. The van der Waals surface area contributed by atoms with Crippen molar-refractivity contribution in [2.24, 2.45) is 0 Å². The van der Waals surface area contributed by atoms with Gasteiger partial charge in [-0.25, -0.2) is 0 Å². The van der Waals surface area contributed by atoms with Crippen LogP contribution in [-0.4, -0.2) is 19.1 Å². The monoisotopic (exact) mass is 427 g/mol. The van der Waals surface area contributed by atoms with Crippen molar-refractivity contribution in [1.29, 1.82) is 0 Å². The quantitative estimate of drug-likeness (QED) is 0.724. The first-order valence-corrected chi connectivity index (χ1v) is 7.29. The molecule has 6 heteroatoms. The van der Waals surface area contributed by atoms with Crippen molar-refractivity contribution in [2.75, 3.05) is 12.4 Å². The van der Waals surface area contributed by atoms with E-state index in [1.807, 2.05) is 19.1 Å². The van der Waals surface area contributed by atoms with Crippen LogP contribution in [0.5, 0.6) is 0 Å². The lowest BCUT2D eigenvalue weighted by Gasteiger charge is -2.17. The van der Waals surface area contributed by atoms with Crippen molar-refractivity contribution < 1.29 is 9.53 Å². The lowest BCUT2D eigenvalue weighted by atomic mass is 10.2. The zero-order chi connectivity index (χ0) is 13.0. The molecule has 0 radical (unpaired) electrons. The Morgan fingerprint density at radius 1 is 1.35 bits per heavy atom. The van der Waals surface area contributed by atoms with Crippen LogP contribution in [0.15, 0.2) is 25.6 Å². The molecule has 0 saturated carbocycles. The third-order valence-electron chi connectivity index (χ3n) is 2.10. The van der Waals surface area contributed by atoms with Crippen LogP contribution in [0.3, 0.4) is 0 Å². The molecule has 1 rings (SSSR count). The number of benzene rings is 1. The molecule has 1 atom stereocenters. The maximum Gasteiger partial charge on any atom is 0.307 e. The smallest absolute Gasteiger partial charge is 0.307 e. The largest absolute Gasteiger partial charge is 0.469 e. The average molecular weight is 430 g/mol. The number of methoxy groups -OCH3 is 1. The second-order valence-electron chi connectivity index (χ2n) is 3.57. The summed E-state index contributed by atoms with van der Waals surface area (Å²) >= 11 is 10.3. The Morgan fingerprint density at radius 2 is 1.88 bits per heavy atom. The number of carbonyl (C=O) groups is 1. The first-order chi connectivity index (χ1) is 7.93. The van der Waals surface area contributed by atoms with Crippen LogP contribution in [0, 0.1) is 0 Å². The topological polar surface area (TPSA) is 38.3 Å². The minimum atomic E-state index is -0.227. The fraction of sp³-hybridized carbons (Fsp3) is 0.364. The van der Waals surface area contributed by atoms with E-state index in [1.54, 1.807) is 0 Å². The lowest BCUT2D eigenvalue weighted by Crippen LogP contribution is -2.20. The van der Waals surface area contributed by atoms with Crippen molar-refractivity contribution >= 4 is 59.4 Å². The van der Waals surface area contributed by atoms with Gasteiger partial charge in [-0.05, 0) is 50.9 Å². The summed E-state index contributed by atoms with van der Waals surface area (Å²) in [5.41, 5.74) is 0.921. The molecule has 1 aromatic rings. The Hall–Kier alpha value is -0.0700. The number of hydrogen-bond donors (Lipinski definition) is 1. The van der Waals surface area contributed by atoms with Gasteiger partial charge in [-0.3, -0.25) is 4.79 Å². The van der Waals surface area contributed by atoms with Gasteiger partial charge in [-0.1, -0.05) is 15.9 Å². The molecule has 0 aliphatic rings. The molecule has 0 aliphatic heterocycles. The predicted octanol–water partition coefficient (Wildman–Crippen LogP) is 4.34. The number of rotatable bonds is 4. The fourth-order valence-electron chi connectivity index (χ4n) is 1.31. The van der Waals surface area contributed by atoms with Gasteiger partial charge in [0.05, 0.1) is 19.2 Å². The summed E-state index contributed by atoms with van der Waals surface area (Å²) in [7, 11) is 1.39. The van der Waals surface area contributed by atoms with Crippen LogP contribution in [0.4, 0.5) is 5.69 Å². The maximum absolute atomic E-state index is 11.1. The number of carbonyl (C=O) groups excluding carboxylic acids is 1. The van der Waals surface area contributed by atoms with Gasteiger partial charge >= 0.3 is 5.97 Å².